The van der Waals surface area contributed by atoms with Crippen LogP contribution in [0.15, 0.2) is 54.7 Å². The van der Waals surface area contributed by atoms with Crippen LogP contribution in [0.1, 0.15) is 10.5 Å². The third-order valence-corrected chi connectivity index (χ3v) is 5.02. The first-order valence-electron chi connectivity index (χ1n) is 8.99. The zero-order valence-electron chi connectivity index (χ0n) is 16.1. The molecule has 0 radical (unpaired) electrons. The summed E-state index contributed by atoms with van der Waals surface area (Å²) in [6, 6.07) is 14.0. The molecule has 152 valence electrons. The summed E-state index contributed by atoms with van der Waals surface area (Å²) in [5.41, 5.74) is 2.58. The molecule has 2 aromatic carbocycles. The minimum atomic E-state index is -0.281. The summed E-state index contributed by atoms with van der Waals surface area (Å²) in [6.45, 7) is 0. The topological polar surface area (TPSA) is 81.1 Å². The molecule has 4 rings (SSSR count). The van der Waals surface area contributed by atoms with E-state index < -0.39 is 0 Å². The quantitative estimate of drug-likeness (QED) is 0.446. The Labute approximate surface area is 182 Å². The van der Waals surface area contributed by atoms with E-state index in [0.29, 0.717) is 33.2 Å². The average Bonchev–Trinajstić information content (AvgIpc) is 3.05. The Bertz CT molecular complexity index is 1260. The van der Waals surface area contributed by atoms with Crippen LogP contribution < -0.4 is 15.4 Å². The predicted octanol–water partition coefficient (Wildman–Crippen LogP) is 5.17. The molecule has 1 amide bonds. The van der Waals surface area contributed by atoms with Gasteiger partial charge in [0.2, 0.25) is 5.95 Å². The molecule has 0 bridgehead atoms. The molecule has 0 aliphatic rings. The number of carbonyl (C=O) groups excluding carboxylic acids is 1. The minimum Gasteiger partial charge on any atom is -0.457 e. The van der Waals surface area contributed by atoms with Gasteiger partial charge in [-0.2, -0.15) is 0 Å². The van der Waals surface area contributed by atoms with Gasteiger partial charge in [0.1, 0.15) is 17.2 Å². The number of nitrogens with one attached hydrogen (secondary N) is 2. The number of aryl methyl sites for hydroxylation is 1. The summed E-state index contributed by atoms with van der Waals surface area (Å²) >= 11 is 12.3. The fraction of sp³-hybridized carbons (Fsp3) is 0.0952. The van der Waals surface area contributed by atoms with Crippen LogP contribution in [0.2, 0.25) is 10.0 Å². The lowest BCUT2D eigenvalue weighted by Gasteiger charge is -2.08. The standard InChI is InChI=1S/C21H17Cl2N5O2/c1-24-20(29)18-11-14(7-8-25-18)30-13-4-6-19-17(10-13)27-21(28(19)2)26-16-9-12(22)3-5-15(16)23/h3-11H,1-2H3,(H,24,29)(H,26,27). The Morgan fingerprint density at radius 2 is 1.87 bits per heavy atom. The molecule has 30 heavy (non-hydrogen) atoms. The van der Waals surface area contributed by atoms with E-state index in [1.807, 2.05) is 29.8 Å². The maximum atomic E-state index is 11.8. The fourth-order valence-corrected chi connectivity index (χ4v) is 3.27. The first-order valence-corrected chi connectivity index (χ1v) is 9.75. The highest BCUT2D eigenvalue weighted by molar-refractivity contribution is 6.35. The number of ether oxygens (including phenoxy) is 1. The minimum absolute atomic E-state index is 0.277. The third-order valence-electron chi connectivity index (χ3n) is 4.45. The van der Waals surface area contributed by atoms with Crippen LogP contribution in [0.5, 0.6) is 11.5 Å². The number of benzene rings is 2. The van der Waals surface area contributed by atoms with Crippen molar-refractivity contribution < 1.29 is 9.53 Å². The number of hydrogen-bond donors (Lipinski definition) is 2. The van der Waals surface area contributed by atoms with E-state index in [-0.39, 0.29) is 11.6 Å². The van der Waals surface area contributed by atoms with Crippen molar-refractivity contribution in [1.29, 1.82) is 0 Å². The van der Waals surface area contributed by atoms with Crippen LogP contribution in [-0.2, 0) is 7.05 Å². The highest BCUT2D eigenvalue weighted by atomic mass is 35.5. The first kappa shape index (κ1) is 20.0. The van der Waals surface area contributed by atoms with Gasteiger partial charge in [0, 0.05) is 37.4 Å². The van der Waals surface area contributed by atoms with E-state index in [4.69, 9.17) is 27.9 Å². The van der Waals surface area contributed by atoms with E-state index in [1.165, 1.54) is 6.20 Å². The molecule has 0 aliphatic carbocycles. The van der Waals surface area contributed by atoms with Gasteiger partial charge >= 0.3 is 0 Å². The molecule has 2 N–H and O–H groups in total. The van der Waals surface area contributed by atoms with Crippen molar-refractivity contribution in [3.63, 3.8) is 0 Å². The lowest BCUT2D eigenvalue weighted by atomic mass is 10.3. The highest BCUT2D eigenvalue weighted by Gasteiger charge is 2.12. The Morgan fingerprint density at radius 3 is 2.67 bits per heavy atom. The Balaban J connectivity index is 1.62. The maximum absolute atomic E-state index is 11.8. The molecule has 7 nitrogen and oxygen atoms in total. The number of nitrogens with zero attached hydrogens (tertiary/aromatic N) is 3. The van der Waals surface area contributed by atoms with Crippen molar-refractivity contribution in [3.8, 4) is 11.5 Å². The SMILES string of the molecule is CNC(=O)c1cc(Oc2ccc3c(c2)nc(Nc2cc(Cl)ccc2Cl)n3C)ccn1. The van der Waals surface area contributed by atoms with Gasteiger partial charge < -0.3 is 19.9 Å². The molecular formula is C21H17Cl2N5O2. The number of fused-ring (bicyclic) bond motifs is 1. The number of halogens is 2. The summed E-state index contributed by atoms with van der Waals surface area (Å²) in [5, 5.41) is 6.86. The van der Waals surface area contributed by atoms with Gasteiger partial charge in [0.05, 0.1) is 21.7 Å². The van der Waals surface area contributed by atoms with Gasteiger partial charge in [-0.25, -0.2) is 4.98 Å². The van der Waals surface area contributed by atoms with E-state index >= 15 is 0 Å². The normalized spacial score (nSPS) is 10.8. The lowest BCUT2D eigenvalue weighted by Crippen LogP contribution is -2.18. The highest BCUT2D eigenvalue weighted by Crippen LogP contribution is 2.31. The van der Waals surface area contributed by atoms with Crippen LogP contribution in [-0.4, -0.2) is 27.5 Å². The lowest BCUT2D eigenvalue weighted by molar-refractivity contribution is 0.0958. The Morgan fingerprint density at radius 1 is 1.07 bits per heavy atom. The molecule has 4 aromatic rings. The molecule has 0 fully saturated rings. The summed E-state index contributed by atoms with van der Waals surface area (Å²) < 4.78 is 7.81. The monoisotopic (exact) mass is 441 g/mol. The van der Waals surface area contributed by atoms with Crippen LogP contribution >= 0.6 is 23.2 Å². The molecule has 0 unspecified atom stereocenters. The molecule has 2 aromatic heterocycles. The van der Waals surface area contributed by atoms with E-state index in [0.717, 1.165) is 11.0 Å². The number of pyridine rings is 1. The summed E-state index contributed by atoms with van der Waals surface area (Å²) in [7, 11) is 3.45. The van der Waals surface area contributed by atoms with Crippen molar-refractivity contribution in [2.75, 3.05) is 12.4 Å². The molecular weight excluding hydrogens is 425 g/mol. The number of anilines is 2. The fourth-order valence-electron chi connectivity index (χ4n) is 2.93. The van der Waals surface area contributed by atoms with Gasteiger partial charge in [0.15, 0.2) is 0 Å². The second-order valence-corrected chi connectivity index (χ2v) is 7.30. The second kappa shape index (κ2) is 8.22. The average molecular weight is 442 g/mol. The van der Waals surface area contributed by atoms with Gasteiger partial charge in [-0.05, 0) is 36.4 Å². The van der Waals surface area contributed by atoms with E-state index in [1.54, 1.807) is 37.4 Å². The predicted molar refractivity (Wildman–Crippen MR) is 118 cm³/mol. The summed E-state index contributed by atoms with van der Waals surface area (Å²) in [6.07, 6.45) is 1.52. The van der Waals surface area contributed by atoms with Gasteiger partial charge in [-0.15, -0.1) is 0 Å². The number of aromatic nitrogens is 3. The second-order valence-electron chi connectivity index (χ2n) is 6.45. The summed E-state index contributed by atoms with van der Waals surface area (Å²) in [5.74, 6) is 1.41. The Hall–Kier alpha value is -3.29. The third kappa shape index (κ3) is 4.03. The maximum Gasteiger partial charge on any atom is 0.269 e. The van der Waals surface area contributed by atoms with Crippen molar-refractivity contribution in [2.24, 2.45) is 7.05 Å². The molecule has 0 spiro atoms. The van der Waals surface area contributed by atoms with Crippen molar-refractivity contribution >= 4 is 51.8 Å². The Kier molecular flexibility index (Phi) is 5.48. The molecule has 9 heteroatoms. The van der Waals surface area contributed by atoms with Crippen LogP contribution in [0.25, 0.3) is 11.0 Å². The van der Waals surface area contributed by atoms with Gasteiger partial charge in [-0.1, -0.05) is 23.2 Å². The largest absolute Gasteiger partial charge is 0.457 e. The number of imidazole rings is 1. The van der Waals surface area contributed by atoms with Crippen molar-refractivity contribution in [2.45, 2.75) is 0 Å². The zero-order chi connectivity index (χ0) is 21.3. The van der Waals surface area contributed by atoms with Crippen LogP contribution in [0.4, 0.5) is 11.6 Å². The number of amides is 1. The van der Waals surface area contributed by atoms with Crippen molar-refractivity contribution in [1.82, 2.24) is 19.9 Å². The summed E-state index contributed by atoms with van der Waals surface area (Å²) in [4.78, 5) is 20.4. The molecule has 0 saturated carbocycles. The number of rotatable bonds is 5. The van der Waals surface area contributed by atoms with E-state index in [2.05, 4.69) is 20.6 Å². The van der Waals surface area contributed by atoms with Crippen LogP contribution in [0, 0.1) is 0 Å². The van der Waals surface area contributed by atoms with E-state index in [9.17, 15) is 4.79 Å². The molecule has 0 aliphatic heterocycles. The zero-order valence-corrected chi connectivity index (χ0v) is 17.6. The van der Waals surface area contributed by atoms with Crippen molar-refractivity contribution in [3.05, 3.63) is 70.5 Å². The number of hydrogen-bond acceptors (Lipinski definition) is 5. The number of carbonyl (C=O) groups is 1. The van der Waals surface area contributed by atoms with Crippen LogP contribution in [0.3, 0.4) is 0 Å². The molecule has 0 saturated heterocycles. The molecule has 2 heterocycles. The van der Waals surface area contributed by atoms with Gasteiger partial charge in [-0.3, -0.25) is 9.78 Å². The smallest absolute Gasteiger partial charge is 0.269 e. The van der Waals surface area contributed by atoms with Gasteiger partial charge in [0.25, 0.3) is 5.91 Å². The molecule has 0 atom stereocenters. The first-order chi connectivity index (χ1) is 14.4.